The fraction of sp³-hybridized carbons (Fsp3) is 0.360. The van der Waals surface area contributed by atoms with Crippen molar-refractivity contribution in [2.45, 2.75) is 44.7 Å². The van der Waals surface area contributed by atoms with Gasteiger partial charge in [0.25, 0.3) is 0 Å². The molecule has 3 rings (SSSR count). The first-order chi connectivity index (χ1) is 18.5. The Morgan fingerprint density at radius 3 is 2.08 bits per heavy atom. The number of hydrogen-bond donors (Lipinski definition) is 1. The zero-order valence-electron chi connectivity index (χ0n) is 21.4. The third-order valence-corrected chi connectivity index (χ3v) is 7.74. The van der Waals surface area contributed by atoms with Gasteiger partial charge in [0.05, 0.1) is 0 Å². The molecule has 40 heavy (non-hydrogen) atoms. The Morgan fingerprint density at radius 2 is 1.52 bits per heavy atom. The fourth-order valence-corrected chi connectivity index (χ4v) is 5.35. The highest BCUT2D eigenvalue weighted by Crippen LogP contribution is 2.32. The Balaban J connectivity index is 1.94. The number of aryl methyl sites for hydroxylation is 1. The number of carbonyl (C=O) groups is 3. The van der Waals surface area contributed by atoms with Crippen molar-refractivity contribution < 1.29 is 49.6 Å². The van der Waals surface area contributed by atoms with Gasteiger partial charge in [0.2, 0.25) is 5.91 Å². The quantitative estimate of drug-likeness (QED) is 0.159. The standard InChI is InChI=1S/C25H24F3NO9S2/c1-14(30)29-24(12-36-15(2)31,13-37-16(3)32)9-8-17-4-7-21-20(10-17)23(33)19-6-5-18(11-22(19)39-21)38-40(34,35)25(26,27)28/h4-7,10-11H,8-9,12-13H2,1-3H3,(H,29,30). The van der Waals surface area contributed by atoms with Crippen LogP contribution in [-0.2, 0) is 40.4 Å². The second kappa shape index (κ2) is 11.8. The van der Waals surface area contributed by atoms with Crippen LogP contribution in [0.1, 0.15) is 32.8 Å². The number of carbonyl (C=O) groups excluding carboxylic acids is 3. The number of amides is 1. The molecule has 3 aromatic rings. The Morgan fingerprint density at radius 1 is 0.900 bits per heavy atom. The number of fused-ring (bicyclic) bond motifs is 2. The van der Waals surface area contributed by atoms with Crippen molar-refractivity contribution >= 4 is 59.5 Å². The summed E-state index contributed by atoms with van der Waals surface area (Å²) in [7, 11) is -5.88. The first kappa shape index (κ1) is 30.8. The third kappa shape index (κ3) is 7.47. The molecule has 0 aliphatic carbocycles. The van der Waals surface area contributed by atoms with Gasteiger partial charge in [-0.25, -0.2) is 0 Å². The van der Waals surface area contributed by atoms with Crippen LogP contribution in [0.3, 0.4) is 0 Å². The van der Waals surface area contributed by atoms with Crippen molar-refractivity contribution in [1.82, 2.24) is 5.32 Å². The van der Waals surface area contributed by atoms with Crippen LogP contribution in [0.5, 0.6) is 5.75 Å². The first-order valence-electron chi connectivity index (χ1n) is 11.6. The second-order valence-corrected chi connectivity index (χ2v) is 11.5. The highest BCUT2D eigenvalue weighted by molar-refractivity contribution is 7.88. The Kier molecular flexibility index (Phi) is 9.09. The van der Waals surface area contributed by atoms with Crippen LogP contribution in [0.15, 0.2) is 41.2 Å². The summed E-state index contributed by atoms with van der Waals surface area (Å²) in [6.07, 6.45) is 0.432. The zero-order valence-corrected chi connectivity index (χ0v) is 23.1. The van der Waals surface area contributed by atoms with E-state index in [1.807, 2.05) is 0 Å². The van der Waals surface area contributed by atoms with E-state index < -0.39 is 50.2 Å². The zero-order chi connectivity index (χ0) is 29.9. The largest absolute Gasteiger partial charge is 0.534 e. The molecule has 0 bridgehead atoms. The van der Waals surface area contributed by atoms with Gasteiger partial charge in [0.15, 0.2) is 5.43 Å². The maximum absolute atomic E-state index is 13.2. The van der Waals surface area contributed by atoms with E-state index in [4.69, 9.17) is 9.47 Å². The van der Waals surface area contributed by atoms with Crippen LogP contribution < -0.4 is 14.9 Å². The van der Waals surface area contributed by atoms with E-state index in [0.29, 0.717) is 15.6 Å². The summed E-state index contributed by atoms with van der Waals surface area (Å²) < 4.78 is 75.8. The van der Waals surface area contributed by atoms with Gasteiger partial charge in [-0.3, -0.25) is 19.2 Å². The van der Waals surface area contributed by atoms with Crippen molar-refractivity contribution in [3.05, 3.63) is 52.2 Å². The van der Waals surface area contributed by atoms with E-state index in [9.17, 15) is 40.8 Å². The van der Waals surface area contributed by atoms with E-state index >= 15 is 0 Å². The number of rotatable bonds is 10. The van der Waals surface area contributed by atoms with Gasteiger partial charge in [-0.05, 0) is 48.7 Å². The molecule has 2 aromatic carbocycles. The van der Waals surface area contributed by atoms with Crippen LogP contribution in [0.4, 0.5) is 13.2 Å². The van der Waals surface area contributed by atoms with Gasteiger partial charge in [-0.15, -0.1) is 11.3 Å². The fourth-order valence-electron chi connectivity index (χ4n) is 3.82. The molecular formula is C25H24F3NO9S2. The normalized spacial score (nSPS) is 12.2. The number of benzene rings is 2. The van der Waals surface area contributed by atoms with E-state index in [-0.39, 0.29) is 36.1 Å². The lowest BCUT2D eigenvalue weighted by Crippen LogP contribution is -2.55. The smallest absolute Gasteiger partial charge is 0.463 e. The lowest BCUT2D eigenvalue weighted by atomic mass is 9.92. The van der Waals surface area contributed by atoms with Crippen LogP contribution in [-0.4, -0.2) is 50.5 Å². The van der Waals surface area contributed by atoms with Gasteiger partial charge in [-0.2, -0.15) is 21.6 Å². The molecule has 0 aliphatic rings. The highest BCUT2D eigenvalue weighted by Gasteiger charge is 2.48. The Hall–Kier alpha value is -3.72. The molecule has 0 unspecified atom stereocenters. The minimum absolute atomic E-state index is 0.142. The molecule has 0 radical (unpaired) electrons. The monoisotopic (exact) mass is 603 g/mol. The lowest BCUT2D eigenvalue weighted by molar-refractivity contribution is -0.150. The van der Waals surface area contributed by atoms with Crippen LogP contribution >= 0.6 is 11.3 Å². The number of nitrogens with one attached hydrogen (secondary N) is 1. The van der Waals surface area contributed by atoms with Gasteiger partial charge < -0.3 is 19.0 Å². The van der Waals surface area contributed by atoms with Crippen molar-refractivity contribution in [3.8, 4) is 5.75 Å². The lowest BCUT2D eigenvalue weighted by Gasteiger charge is -2.33. The first-order valence-corrected chi connectivity index (χ1v) is 13.8. The van der Waals surface area contributed by atoms with Gasteiger partial charge in [-0.1, -0.05) is 6.07 Å². The second-order valence-electron chi connectivity index (χ2n) is 8.92. The molecule has 0 saturated carbocycles. The molecule has 1 N–H and O–H groups in total. The van der Waals surface area contributed by atoms with Gasteiger partial charge >= 0.3 is 27.6 Å². The number of halogens is 3. The molecule has 1 aromatic heterocycles. The minimum Gasteiger partial charge on any atom is -0.463 e. The summed E-state index contributed by atoms with van der Waals surface area (Å²) in [6, 6.07) is 8.11. The SMILES string of the molecule is CC(=O)NC(CCc1ccc2sc3cc(OS(=O)(=O)C(F)(F)F)ccc3c(=O)c2c1)(COC(C)=O)COC(C)=O. The molecule has 0 saturated heterocycles. The molecule has 15 heteroatoms. The van der Waals surface area contributed by atoms with Crippen molar-refractivity contribution in [1.29, 1.82) is 0 Å². The van der Waals surface area contributed by atoms with Crippen LogP contribution in [0, 0.1) is 0 Å². The molecule has 0 atom stereocenters. The molecule has 0 fully saturated rings. The molecule has 0 spiro atoms. The maximum atomic E-state index is 13.2. The molecule has 10 nitrogen and oxygen atoms in total. The van der Waals surface area contributed by atoms with Crippen LogP contribution in [0.25, 0.3) is 20.2 Å². The molecular weight excluding hydrogens is 579 g/mol. The van der Waals surface area contributed by atoms with Crippen LogP contribution in [0.2, 0.25) is 0 Å². The van der Waals surface area contributed by atoms with Gasteiger partial charge in [0, 0.05) is 40.9 Å². The average Bonchev–Trinajstić information content (AvgIpc) is 2.84. The van der Waals surface area contributed by atoms with E-state index in [2.05, 4.69) is 9.50 Å². The third-order valence-electron chi connectivity index (χ3n) is 5.63. The van der Waals surface area contributed by atoms with Crippen molar-refractivity contribution in [3.63, 3.8) is 0 Å². The molecule has 216 valence electrons. The predicted octanol–water partition coefficient (Wildman–Crippen LogP) is 3.58. The number of alkyl halides is 3. The molecule has 1 amide bonds. The number of hydrogen-bond acceptors (Lipinski definition) is 10. The summed E-state index contributed by atoms with van der Waals surface area (Å²) in [4.78, 5) is 48.0. The van der Waals surface area contributed by atoms with E-state index in [1.54, 1.807) is 18.2 Å². The minimum atomic E-state index is -5.88. The molecule has 0 aliphatic heterocycles. The number of ether oxygens (including phenoxy) is 2. The number of esters is 2. The Bertz CT molecular complexity index is 1610. The summed E-state index contributed by atoms with van der Waals surface area (Å²) >= 11 is 1.05. The summed E-state index contributed by atoms with van der Waals surface area (Å²) in [5, 5.41) is 3.14. The highest BCUT2D eigenvalue weighted by atomic mass is 32.2. The summed E-state index contributed by atoms with van der Waals surface area (Å²) in [5.74, 6) is -2.24. The topological polar surface area (TPSA) is 142 Å². The van der Waals surface area contributed by atoms with Crippen molar-refractivity contribution in [2.75, 3.05) is 13.2 Å². The average molecular weight is 604 g/mol. The van der Waals surface area contributed by atoms with Crippen molar-refractivity contribution in [2.24, 2.45) is 0 Å². The van der Waals surface area contributed by atoms with E-state index in [1.165, 1.54) is 26.8 Å². The van der Waals surface area contributed by atoms with E-state index in [0.717, 1.165) is 23.5 Å². The Labute approximate surface area is 230 Å². The summed E-state index contributed by atoms with van der Waals surface area (Å²) in [5.41, 5.74) is -6.63. The van der Waals surface area contributed by atoms with Gasteiger partial charge in [0.1, 0.15) is 24.5 Å². The predicted molar refractivity (Wildman–Crippen MR) is 139 cm³/mol. The molecule has 1 heterocycles. The maximum Gasteiger partial charge on any atom is 0.534 e. The summed E-state index contributed by atoms with van der Waals surface area (Å²) in [6.45, 7) is 3.11.